The summed E-state index contributed by atoms with van der Waals surface area (Å²) in [6.07, 6.45) is 1.60. The van der Waals surface area contributed by atoms with Crippen LogP contribution in [-0.4, -0.2) is 12.1 Å². The van der Waals surface area contributed by atoms with Gasteiger partial charge in [0.15, 0.2) is 0 Å². The first kappa shape index (κ1) is 13.3. The third-order valence-electron chi connectivity index (χ3n) is 2.38. The summed E-state index contributed by atoms with van der Waals surface area (Å²) in [5.74, 6) is 0.725. The Morgan fingerprint density at radius 1 is 1.39 bits per heavy atom. The fourth-order valence-corrected chi connectivity index (χ4v) is 2.30. The van der Waals surface area contributed by atoms with Crippen LogP contribution in [0.15, 0.2) is 41.0 Å². The molecule has 2 rings (SSSR count). The van der Waals surface area contributed by atoms with Crippen molar-refractivity contribution in [1.82, 2.24) is 4.98 Å². The van der Waals surface area contributed by atoms with E-state index in [4.69, 9.17) is 16.3 Å². The molecule has 0 fully saturated rings. The number of rotatable bonds is 4. The number of nitrogens with zero attached hydrogens (tertiary/aromatic N) is 1. The van der Waals surface area contributed by atoms with E-state index in [1.54, 1.807) is 19.4 Å². The van der Waals surface area contributed by atoms with E-state index >= 15 is 0 Å². The predicted molar refractivity (Wildman–Crippen MR) is 77.4 cm³/mol. The monoisotopic (exact) mass is 326 g/mol. The Morgan fingerprint density at radius 3 is 2.89 bits per heavy atom. The van der Waals surface area contributed by atoms with Gasteiger partial charge in [-0.15, -0.1) is 0 Å². The summed E-state index contributed by atoms with van der Waals surface area (Å²) in [5.41, 5.74) is 2.04. The molecule has 0 bridgehead atoms. The molecule has 0 aliphatic carbocycles. The molecule has 1 N–H and O–H groups in total. The number of nitrogens with one attached hydrogen (secondary N) is 1. The standard InChI is InChI=1S/C13H12BrClN2O/c1-18-8-9-4-2-3-5-12(9)17-13-11(14)6-10(15)7-16-13/h2-7H,8H2,1H3,(H,16,17). The lowest BCUT2D eigenvalue weighted by molar-refractivity contribution is 0.185. The van der Waals surface area contributed by atoms with Crippen molar-refractivity contribution in [2.45, 2.75) is 6.61 Å². The smallest absolute Gasteiger partial charge is 0.144 e. The highest BCUT2D eigenvalue weighted by atomic mass is 79.9. The van der Waals surface area contributed by atoms with E-state index in [0.29, 0.717) is 11.6 Å². The molecule has 1 aromatic heterocycles. The molecule has 0 aliphatic rings. The molecule has 18 heavy (non-hydrogen) atoms. The highest BCUT2D eigenvalue weighted by molar-refractivity contribution is 9.10. The summed E-state index contributed by atoms with van der Waals surface area (Å²) >= 11 is 9.29. The molecule has 5 heteroatoms. The van der Waals surface area contributed by atoms with Crippen LogP contribution in [-0.2, 0) is 11.3 Å². The van der Waals surface area contributed by atoms with Gasteiger partial charge in [-0.25, -0.2) is 4.98 Å². The van der Waals surface area contributed by atoms with E-state index in [1.807, 2.05) is 24.3 Å². The summed E-state index contributed by atoms with van der Waals surface area (Å²) in [4.78, 5) is 4.24. The third kappa shape index (κ3) is 3.22. The second-order valence-electron chi connectivity index (χ2n) is 3.70. The molecular formula is C13H12BrClN2O. The number of ether oxygens (including phenoxy) is 1. The number of pyridine rings is 1. The Hall–Kier alpha value is -1.10. The normalized spacial score (nSPS) is 10.4. The second kappa shape index (κ2) is 6.18. The quantitative estimate of drug-likeness (QED) is 0.904. The minimum absolute atomic E-state index is 0.550. The minimum Gasteiger partial charge on any atom is -0.380 e. The van der Waals surface area contributed by atoms with Crippen LogP contribution >= 0.6 is 27.5 Å². The highest BCUT2D eigenvalue weighted by Gasteiger charge is 2.06. The Kier molecular flexibility index (Phi) is 4.58. The van der Waals surface area contributed by atoms with E-state index in [-0.39, 0.29) is 0 Å². The van der Waals surface area contributed by atoms with Gasteiger partial charge in [-0.05, 0) is 28.1 Å². The summed E-state index contributed by atoms with van der Waals surface area (Å²) in [5, 5.41) is 3.85. The van der Waals surface area contributed by atoms with E-state index in [2.05, 4.69) is 26.2 Å². The highest BCUT2D eigenvalue weighted by Crippen LogP contribution is 2.27. The number of methoxy groups -OCH3 is 1. The maximum atomic E-state index is 5.86. The summed E-state index contributed by atoms with van der Waals surface area (Å²) < 4.78 is 5.98. The molecule has 0 saturated heterocycles. The zero-order valence-electron chi connectivity index (χ0n) is 9.78. The average Bonchev–Trinajstić information content (AvgIpc) is 2.35. The molecular weight excluding hydrogens is 316 g/mol. The van der Waals surface area contributed by atoms with Crippen LogP contribution in [0, 0.1) is 0 Å². The number of benzene rings is 1. The van der Waals surface area contributed by atoms with E-state index in [1.165, 1.54) is 0 Å². The zero-order chi connectivity index (χ0) is 13.0. The van der Waals surface area contributed by atoms with Crippen LogP contribution in [0.3, 0.4) is 0 Å². The Morgan fingerprint density at radius 2 is 2.17 bits per heavy atom. The number of hydrogen-bond donors (Lipinski definition) is 1. The maximum Gasteiger partial charge on any atom is 0.144 e. The topological polar surface area (TPSA) is 34.1 Å². The summed E-state index contributed by atoms with van der Waals surface area (Å²) in [7, 11) is 1.67. The van der Waals surface area contributed by atoms with Crippen molar-refractivity contribution < 1.29 is 4.74 Å². The van der Waals surface area contributed by atoms with Crippen molar-refractivity contribution in [3.05, 3.63) is 51.6 Å². The van der Waals surface area contributed by atoms with Gasteiger partial charge in [-0.1, -0.05) is 29.8 Å². The van der Waals surface area contributed by atoms with Gasteiger partial charge in [0.1, 0.15) is 5.82 Å². The second-order valence-corrected chi connectivity index (χ2v) is 4.99. The molecule has 1 aromatic carbocycles. The Labute approximate surface area is 119 Å². The molecule has 0 spiro atoms. The molecule has 94 valence electrons. The molecule has 0 saturated carbocycles. The van der Waals surface area contributed by atoms with Gasteiger partial charge in [0.25, 0.3) is 0 Å². The molecule has 1 heterocycles. The van der Waals surface area contributed by atoms with Gasteiger partial charge < -0.3 is 10.1 Å². The molecule has 0 aliphatic heterocycles. The first-order valence-corrected chi connectivity index (χ1v) is 6.52. The average molecular weight is 328 g/mol. The van der Waals surface area contributed by atoms with Gasteiger partial charge in [-0.2, -0.15) is 0 Å². The van der Waals surface area contributed by atoms with Crippen molar-refractivity contribution in [1.29, 1.82) is 0 Å². The Balaban J connectivity index is 2.28. The van der Waals surface area contributed by atoms with Gasteiger partial charge in [0.2, 0.25) is 0 Å². The van der Waals surface area contributed by atoms with Crippen LogP contribution < -0.4 is 5.32 Å². The maximum absolute atomic E-state index is 5.86. The molecule has 0 unspecified atom stereocenters. The van der Waals surface area contributed by atoms with E-state index in [9.17, 15) is 0 Å². The van der Waals surface area contributed by atoms with Gasteiger partial charge in [-0.3, -0.25) is 0 Å². The van der Waals surface area contributed by atoms with Crippen LogP contribution in [0.2, 0.25) is 5.02 Å². The SMILES string of the molecule is COCc1ccccc1Nc1ncc(Cl)cc1Br. The number of anilines is 2. The van der Waals surface area contributed by atoms with Gasteiger partial charge >= 0.3 is 0 Å². The molecule has 2 aromatic rings. The van der Waals surface area contributed by atoms with E-state index in [0.717, 1.165) is 21.5 Å². The van der Waals surface area contributed by atoms with Crippen LogP contribution in [0.5, 0.6) is 0 Å². The van der Waals surface area contributed by atoms with Crippen LogP contribution in [0.4, 0.5) is 11.5 Å². The predicted octanol–water partition coefficient (Wildman–Crippen LogP) is 4.39. The fourth-order valence-electron chi connectivity index (χ4n) is 1.56. The Bertz CT molecular complexity index is 548. The van der Waals surface area contributed by atoms with Crippen molar-refractivity contribution in [2.24, 2.45) is 0 Å². The first-order valence-electron chi connectivity index (χ1n) is 5.35. The largest absolute Gasteiger partial charge is 0.380 e. The van der Waals surface area contributed by atoms with E-state index < -0.39 is 0 Å². The van der Waals surface area contributed by atoms with Gasteiger partial charge in [0.05, 0.1) is 16.1 Å². The lowest BCUT2D eigenvalue weighted by Crippen LogP contribution is -1.99. The van der Waals surface area contributed by atoms with Crippen molar-refractivity contribution in [3.63, 3.8) is 0 Å². The molecule has 0 atom stereocenters. The lowest BCUT2D eigenvalue weighted by atomic mass is 10.2. The van der Waals surface area contributed by atoms with Crippen molar-refractivity contribution >= 4 is 39.0 Å². The van der Waals surface area contributed by atoms with Crippen molar-refractivity contribution in [3.8, 4) is 0 Å². The fraction of sp³-hybridized carbons (Fsp3) is 0.154. The van der Waals surface area contributed by atoms with Crippen LogP contribution in [0.1, 0.15) is 5.56 Å². The summed E-state index contributed by atoms with van der Waals surface area (Å²) in [6.45, 7) is 0.550. The first-order chi connectivity index (χ1) is 8.70. The zero-order valence-corrected chi connectivity index (χ0v) is 12.1. The molecule has 3 nitrogen and oxygen atoms in total. The molecule has 0 radical (unpaired) electrons. The number of hydrogen-bond acceptors (Lipinski definition) is 3. The minimum atomic E-state index is 0.550. The third-order valence-corrected chi connectivity index (χ3v) is 3.19. The molecule has 0 amide bonds. The van der Waals surface area contributed by atoms with Crippen molar-refractivity contribution in [2.75, 3.05) is 12.4 Å². The number of para-hydroxylation sites is 1. The lowest BCUT2D eigenvalue weighted by Gasteiger charge is -2.12. The number of aromatic nitrogens is 1. The van der Waals surface area contributed by atoms with Crippen LogP contribution in [0.25, 0.3) is 0 Å². The summed E-state index contributed by atoms with van der Waals surface area (Å²) in [6, 6.07) is 9.73. The van der Waals surface area contributed by atoms with Gasteiger partial charge in [0, 0.05) is 24.6 Å². The number of halogens is 2.